The summed E-state index contributed by atoms with van der Waals surface area (Å²) in [5.41, 5.74) is 0. The maximum atomic E-state index is 12.8. The van der Waals surface area contributed by atoms with Gasteiger partial charge in [-0.3, -0.25) is 4.90 Å². The van der Waals surface area contributed by atoms with Gasteiger partial charge in [-0.1, -0.05) is 12.7 Å². The van der Waals surface area contributed by atoms with Crippen molar-refractivity contribution in [3.8, 4) is 0 Å². The number of carbonyl (C=O) groups excluding carboxylic acids is 1. The Bertz CT molecular complexity index is 320. The third kappa shape index (κ3) is 3.38. The Labute approximate surface area is 104 Å². The van der Waals surface area contributed by atoms with E-state index in [9.17, 15) is 18.0 Å². The molecular formula is C11H17F3N2O2. The summed E-state index contributed by atoms with van der Waals surface area (Å²) in [4.78, 5) is 13.9. The fraction of sp³-hybridized carbons (Fsp3) is 0.727. The molecule has 0 aromatic carbocycles. The molecule has 0 aromatic rings. The Morgan fingerprint density at radius 2 is 2.11 bits per heavy atom. The molecule has 2 unspecified atom stereocenters. The molecule has 2 atom stereocenters. The van der Waals surface area contributed by atoms with Gasteiger partial charge in [-0.05, 0) is 14.0 Å². The molecule has 0 aliphatic carbocycles. The summed E-state index contributed by atoms with van der Waals surface area (Å²) in [5.74, 6) is 0. The maximum Gasteiger partial charge on any atom is 0.410 e. The number of nitrogens with zero attached hydrogens (tertiary/aromatic N) is 2. The van der Waals surface area contributed by atoms with E-state index in [1.54, 1.807) is 6.92 Å². The predicted octanol–water partition coefficient (Wildman–Crippen LogP) is 1.88. The van der Waals surface area contributed by atoms with Gasteiger partial charge in [-0.15, -0.1) is 0 Å². The number of rotatable bonds is 2. The second kappa shape index (κ2) is 5.60. The topological polar surface area (TPSA) is 32.8 Å². The zero-order valence-corrected chi connectivity index (χ0v) is 10.4. The fourth-order valence-corrected chi connectivity index (χ4v) is 1.87. The fourth-order valence-electron chi connectivity index (χ4n) is 1.87. The summed E-state index contributed by atoms with van der Waals surface area (Å²) < 4.78 is 43.2. The van der Waals surface area contributed by atoms with E-state index in [1.165, 1.54) is 18.0 Å². The molecule has 1 aliphatic heterocycles. The molecule has 1 amide bonds. The summed E-state index contributed by atoms with van der Waals surface area (Å²) in [5, 5.41) is 0. The molecule has 1 fully saturated rings. The Hall–Kier alpha value is -1.24. The molecule has 18 heavy (non-hydrogen) atoms. The Morgan fingerprint density at radius 3 is 2.61 bits per heavy atom. The third-order valence-corrected chi connectivity index (χ3v) is 3.03. The number of hydrogen-bond acceptors (Lipinski definition) is 3. The standard InChI is InChI=1S/C11H17F3N2O2/c1-4-5-18-10(17)16-6-8(2)15(3)9(7-16)11(12,13)14/h4,8-9H,1,5-7H2,2-3H3. The van der Waals surface area contributed by atoms with E-state index in [4.69, 9.17) is 4.74 Å². The van der Waals surface area contributed by atoms with Crippen LogP contribution in [0.3, 0.4) is 0 Å². The largest absolute Gasteiger partial charge is 0.445 e. The lowest BCUT2D eigenvalue weighted by molar-refractivity contribution is -0.197. The van der Waals surface area contributed by atoms with E-state index in [0.717, 1.165) is 4.90 Å². The van der Waals surface area contributed by atoms with Gasteiger partial charge in [0.15, 0.2) is 0 Å². The number of piperazine rings is 1. The van der Waals surface area contributed by atoms with Crippen molar-refractivity contribution in [1.29, 1.82) is 0 Å². The van der Waals surface area contributed by atoms with Crippen LogP contribution < -0.4 is 0 Å². The van der Waals surface area contributed by atoms with Crippen LogP contribution in [0.2, 0.25) is 0 Å². The summed E-state index contributed by atoms with van der Waals surface area (Å²) >= 11 is 0. The van der Waals surface area contributed by atoms with Crippen LogP contribution in [-0.2, 0) is 4.74 Å². The second-order valence-electron chi connectivity index (χ2n) is 4.34. The van der Waals surface area contributed by atoms with Crippen molar-refractivity contribution in [2.75, 3.05) is 26.7 Å². The van der Waals surface area contributed by atoms with E-state index >= 15 is 0 Å². The van der Waals surface area contributed by atoms with Gasteiger partial charge >= 0.3 is 12.3 Å². The lowest BCUT2D eigenvalue weighted by Crippen LogP contribution is -2.62. The van der Waals surface area contributed by atoms with Crippen molar-refractivity contribution >= 4 is 6.09 Å². The van der Waals surface area contributed by atoms with Gasteiger partial charge in [-0.25, -0.2) is 4.79 Å². The highest BCUT2D eigenvalue weighted by atomic mass is 19.4. The minimum atomic E-state index is -4.36. The SMILES string of the molecule is C=CCOC(=O)N1CC(C)N(C)C(C(F)(F)F)C1. The number of likely N-dealkylation sites (N-methyl/N-ethyl adjacent to an activating group) is 1. The molecule has 1 saturated heterocycles. The zero-order chi connectivity index (χ0) is 13.9. The van der Waals surface area contributed by atoms with E-state index in [0.29, 0.717) is 0 Å². The number of carbonyl (C=O) groups is 1. The number of alkyl halides is 3. The van der Waals surface area contributed by atoms with E-state index in [-0.39, 0.29) is 19.2 Å². The minimum absolute atomic E-state index is 0.00373. The van der Waals surface area contributed by atoms with Crippen LogP contribution in [0.1, 0.15) is 6.92 Å². The molecule has 0 aromatic heterocycles. The first-order valence-electron chi connectivity index (χ1n) is 5.58. The molecule has 0 spiro atoms. The van der Waals surface area contributed by atoms with Crippen LogP contribution in [-0.4, -0.2) is 60.9 Å². The molecule has 0 radical (unpaired) electrons. The molecule has 104 valence electrons. The smallest absolute Gasteiger partial charge is 0.410 e. The Morgan fingerprint density at radius 1 is 1.50 bits per heavy atom. The molecule has 4 nitrogen and oxygen atoms in total. The normalized spacial score (nSPS) is 25.9. The lowest BCUT2D eigenvalue weighted by atomic mass is 10.1. The molecular weight excluding hydrogens is 249 g/mol. The van der Waals surface area contributed by atoms with Crippen molar-refractivity contribution in [1.82, 2.24) is 9.80 Å². The number of amides is 1. The Balaban J connectivity index is 2.73. The van der Waals surface area contributed by atoms with Gasteiger partial charge in [0.2, 0.25) is 0 Å². The zero-order valence-electron chi connectivity index (χ0n) is 10.4. The van der Waals surface area contributed by atoms with Crippen molar-refractivity contribution in [3.63, 3.8) is 0 Å². The van der Waals surface area contributed by atoms with Gasteiger partial charge < -0.3 is 9.64 Å². The molecule has 1 aliphatic rings. The average Bonchev–Trinajstić information content (AvgIpc) is 2.27. The molecule has 1 heterocycles. The van der Waals surface area contributed by atoms with Gasteiger partial charge in [0.25, 0.3) is 0 Å². The molecule has 1 rings (SSSR count). The van der Waals surface area contributed by atoms with Gasteiger partial charge in [0.05, 0.1) is 0 Å². The van der Waals surface area contributed by atoms with Crippen molar-refractivity contribution in [3.05, 3.63) is 12.7 Å². The quantitative estimate of drug-likeness (QED) is 0.715. The number of hydrogen-bond donors (Lipinski definition) is 0. The molecule has 0 saturated carbocycles. The van der Waals surface area contributed by atoms with Crippen LogP contribution in [0.25, 0.3) is 0 Å². The van der Waals surface area contributed by atoms with Crippen molar-refractivity contribution in [2.24, 2.45) is 0 Å². The molecule has 7 heteroatoms. The Kier molecular flexibility index (Phi) is 4.61. The van der Waals surface area contributed by atoms with E-state index in [2.05, 4.69) is 6.58 Å². The lowest BCUT2D eigenvalue weighted by Gasteiger charge is -2.43. The van der Waals surface area contributed by atoms with Gasteiger partial charge in [-0.2, -0.15) is 13.2 Å². The maximum absolute atomic E-state index is 12.8. The highest BCUT2D eigenvalue weighted by Crippen LogP contribution is 2.29. The number of ether oxygens (including phenoxy) is 1. The van der Waals surface area contributed by atoms with Crippen LogP contribution >= 0.6 is 0 Å². The van der Waals surface area contributed by atoms with E-state index < -0.39 is 24.9 Å². The van der Waals surface area contributed by atoms with Crippen molar-refractivity contribution < 1.29 is 22.7 Å². The number of halogens is 3. The van der Waals surface area contributed by atoms with Gasteiger partial charge in [0, 0.05) is 19.1 Å². The van der Waals surface area contributed by atoms with Crippen molar-refractivity contribution in [2.45, 2.75) is 25.2 Å². The third-order valence-electron chi connectivity index (χ3n) is 3.03. The predicted molar refractivity (Wildman–Crippen MR) is 60.2 cm³/mol. The van der Waals surface area contributed by atoms with Crippen LogP contribution in [0.15, 0.2) is 12.7 Å². The highest BCUT2D eigenvalue weighted by molar-refractivity contribution is 5.68. The second-order valence-corrected chi connectivity index (χ2v) is 4.34. The average molecular weight is 266 g/mol. The first kappa shape index (κ1) is 14.8. The first-order valence-corrected chi connectivity index (χ1v) is 5.58. The van der Waals surface area contributed by atoms with Crippen LogP contribution in [0.4, 0.5) is 18.0 Å². The van der Waals surface area contributed by atoms with E-state index in [1.807, 2.05) is 0 Å². The summed E-state index contributed by atoms with van der Waals surface area (Å²) in [6.45, 7) is 4.83. The van der Waals surface area contributed by atoms with Crippen LogP contribution in [0.5, 0.6) is 0 Å². The summed E-state index contributed by atoms with van der Waals surface area (Å²) in [6.07, 6.45) is -3.72. The minimum Gasteiger partial charge on any atom is -0.445 e. The summed E-state index contributed by atoms with van der Waals surface area (Å²) in [6, 6.07) is -2.03. The van der Waals surface area contributed by atoms with Crippen LogP contribution in [0, 0.1) is 0 Å². The molecule has 0 N–H and O–H groups in total. The first-order chi connectivity index (χ1) is 8.27. The molecule has 0 bridgehead atoms. The van der Waals surface area contributed by atoms with Gasteiger partial charge in [0.1, 0.15) is 12.6 Å². The monoisotopic (exact) mass is 266 g/mol. The summed E-state index contributed by atoms with van der Waals surface area (Å²) in [7, 11) is 1.41. The highest BCUT2D eigenvalue weighted by Gasteiger charge is 2.48.